The summed E-state index contributed by atoms with van der Waals surface area (Å²) in [6.45, 7) is 3.74. The highest BCUT2D eigenvalue weighted by molar-refractivity contribution is 5.98. The number of H-pyrrole nitrogens is 1. The summed E-state index contributed by atoms with van der Waals surface area (Å²) in [5, 5.41) is 52.2. The minimum absolute atomic E-state index is 0.0308. The molecular formula is C38H61N11O14. The molecule has 2 heterocycles. The van der Waals surface area contributed by atoms with Gasteiger partial charge < -0.3 is 73.7 Å². The number of carbonyl (C=O) groups is 10. The van der Waals surface area contributed by atoms with Crippen LogP contribution in [0.3, 0.4) is 0 Å². The molecule has 2 rings (SSSR count). The quantitative estimate of drug-likeness (QED) is 0.0355. The van der Waals surface area contributed by atoms with Crippen LogP contribution < -0.4 is 43.4 Å². The van der Waals surface area contributed by atoms with Crippen LogP contribution in [0.5, 0.6) is 0 Å². The Morgan fingerprint density at radius 2 is 1.37 bits per heavy atom. The third-order valence-electron chi connectivity index (χ3n) is 10.1. The van der Waals surface area contributed by atoms with Gasteiger partial charge in [-0.1, -0.05) is 13.8 Å². The molecule has 7 amide bonds. The van der Waals surface area contributed by atoms with E-state index in [-0.39, 0.29) is 38.8 Å². The van der Waals surface area contributed by atoms with Crippen LogP contribution in [0.15, 0.2) is 12.5 Å². The number of hydrogen-bond acceptors (Lipinski definition) is 14. The number of nitrogens with one attached hydrogen (secondary N) is 7. The van der Waals surface area contributed by atoms with Crippen LogP contribution in [0.25, 0.3) is 0 Å². The first kappa shape index (κ1) is 52.9. The first-order valence-electron chi connectivity index (χ1n) is 20.5. The van der Waals surface area contributed by atoms with E-state index in [1.165, 1.54) is 19.4 Å². The summed E-state index contributed by atoms with van der Waals surface area (Å²) in [4.78, 5) is 135. The molecule has 1 fully saturated rings. The standard InChI is InChI=1S/C38H61N11O14/c1-19(2)30(36(60)44-23(7-4-5-13-39)33(57)43-20(3)31(55)46-25(38(62)63)10-12-29(53)54)48-34(58)26(17-50)47-35(59)27-8-6-14-49(27)37(61)24(9-11-28(51)52)45-32(56)22(40)15-21-16-41-18-42-21/h16,18-20,22-27,30,50H,4-15,17,39-40H2,1-3H3,(H,41,42)(H,43,57)(H,44,60)(H,45,56)(H,46,55)(H,47,59)(H,48,58)(H,51,52)(H,53,54)(H,62,63)/t20-,22-,23-,24-,25-,26-,27-,30-/m0/s1. The van der Waals surface area contributed by atoms with Crippen LogP contribution >= 0.6 is 0 Å². The Bertz CT molecular complexity index is 1760. The molecule has 1 aromatic rings. The van der Waals surface area contributed by atoms with Crippen LogP contribution in [-0.2, 0) is 54.4 Å². The molecular weight excluding hydrogens is 834 g/mol. The Hall–Kier alpha value is -6.21. The number of unbranched alkanes of at least 4 members (excludes halogenated alkanes) is 1. The van der Waals surface area contributed by atoms with Crippen LogP contribution in [0.4, 0.5) is 0 Å². The predicted molar refractivity (Wildman–Crippen MR) is 218 cm³/mol. The second-order valence-electron chi connectivity index (χ2n) is 15.5. The monoisotopic (exact) mass is 895 g/mol. The van der Waals surface area contributed by atoms with E-state index >= 15 is 0 Å². The van der Waals surface area contributed by atoms with Crippen molar-refractivity contribution in [2.75, 3.05) is 19.7 Å². The molecule has 25 heteroatoms. The van der Waals surface area contributed by atoms with E-state index in [0.717, 1.165) is 4.90 Å². The molecule has 0 aliphatic carbocycles. The first-order valence-corrected chi connectivity index (χ1v) is 20.5. The van der Waals surface area contributed by atoms with E-state index in [0.29, 0.717) is 25.0 Å². The number of imidazole rings is 1. The number of aromatic amines is 1. The van der Waals surface area contributed by atoms with E-state index in [4.69, 9.17) is 16.6 Å². The molecule has 0 unspecified atom stereocenters. The Labute approximate surface area is 362 Å². The van der Waals surface area contributed by atoms with Crippen molar-refractivity contribution in [1.82, 2.24) is 46.8 Å². The molecule has 0 radical (unpaired) electrons. The van der Waals surface area contributed by atoms with E-state index in [2.05, 4.69) is 41.9 Å². The maximum Gasteiger partial charge on any atom is 0.326 e. The number of aliphatic carboxylic acids is 3. The average Bonchev–Trinajstić information content (AvgIpc) is 3.93. The molecule has 0 bridgehead atoms. The second-order valence-corrected chi connectivity index (χ2v) is 15.5. The molecule has 0 aromatic carbocycles. The van der Waals surface area contributed by atoms with E-state index < -0.39 is 139 Å². The summed E-state index contributed by atoms with van der Waals surface area (Å²) in [6.07, 6.45) is 2.36. The number of nitrogens with two attached hydrogens (primary N) is 2. The van der Waals surface area contributed by atoms with Gasteiger partial charge in [0, 0.05) is 37.7 Å². The molecule has 63 heavy (non-hydrogen) atoms. The van der Waals surface area contributed by atoms with Crippen molar-refractivity contribution in [3.05, 3.63) is 18.2 Å². The zero-order valence-corrected chi connectivity index (χ0v) is 35.5. The summed E-state index contributed by atoms with van der Waals surface area (Å²) in [7, 11) is 0. The Morgan fingerprint density at radius 1 is 0.762 bits per heavy atom. The summed E-state index contributed by atoms with van der Waals surface area (Å²) < 4.78 is 0. The molecule has 1 aliphatic heterocycles. The minimum atomic E-state index is -1.64. The molecule has 8 atom stereocenters. The summed E-state index contributed by atoms with van der Waals surface area (Å²) in [6, 6.07) is -10.9. The lowest BCUT2D eigenvalue weighted by molar-refractivity contribution is -0.144. The SMILES string of the molecule is CC(C)[C@H](NC(=O)[C@H](CO)NC(=O)[C@@H]1CCCN1C(=O)[C@H](CCC(=O)O)NC(=O)[C@@H](N)Cc1cnc[nH]1)C(=O)N[C@@H](CCCCN)C(=O)N[C@@H](C)C(=O)N[C@@H](CCC(=O)O)C(=O)O. The topological polar surface area (TPSA) is 408 Å². The first-order chi connectivity index (χ1) is 29.7. The molecule has 1 aliphatic rings. The van der Waals surface area contributed by atoms with Crippen molar-refractivity contribution in [3.8, 4) is 0 Å². The molecule has 0 saturated carbocycles. The van der Waals surface area contributed by atoms with E-state index in [1.54, 1.807) is 13.8 Å². The zero-order valence-electron chi connectivity index (χ0n) is 35.5. The molecule has 352 valence electrons. The van der Waals surface area contributed by atoms with Gasteiger partial charge in [-0.2, -0.15) is 0 Å². The fraction of sp³-hybridized carbons (Fsp3) is 0.658. The zero-order chi connectivity index (χ0) is 47.4. The number of carboxylic acids is 3. The van der Waals surface area contributed by atoms with Crippen molar-refractivity contribution in [2.45, 2.75) is 133 Å². The van der Waals surface area contributed by atoms with Crippen LogP contribution in [-0.4, -0.2) is 163 Å². The average molecular weight is 896 g/mol. The van der Waals surface area contributed by atoms with Crippen molar-refractivity contribution in [1.29, 1.82) is 0 Å². The number of hydrogen-bond donors (Lipinski definition) is 13. The number of aliphatic hydroxyl groups is 1. The van der Waals surface area contributed by atoms with Crippen molar-refractivity contribution < 1.29 is 68.4 Å². The fourth-order valence-corrected chi connectivity index (χ4v) is 6.51. The molecule has 1 saturated heterocycles. The Morgan fingerprint density at radius 3 is 1.92 bits per heavy atom. The Balaban J connectivity index is 2.16. The fourth-order valence-electron chi connectivity index (χ4n) is 6.51. The van der Waals surface area contributed by atoms with Gasteiger partial charge in [0.1, 0.15) is 42.3 Å². The summed E-state index contributed by atoms with van der Waals surface area (Å²) >= 11 is 0. The van der Waals surface area contributed by atoms with Gasteiger partial charge in [-0.3, -0.25) is 43.2 Å². The highest BCUT2D eigenvalue weighted by atomic mass is 16.4. The second kappa shape index (κ2) is 26.3. The highest BCUT2D eigenvalue weighted by Gasteiger charge is 2.40. The number of aliphatic hydroxyl groups excluding tert-OH is 1. The largest absolute Gasteiger partial charge is 0.481 e. The van der Waals surface area contributed by atoms with Gasteiger partial charge in [0.2, 0.25) is 41.4 Å². The number of amides is 7. The number of rotatable bonds is 28. The summed E-state index contributed by atoms with van der Waals surface area (Å²) in [5.41, 5.74) is 12.2. The van der Waals surface area contributed by atoms with Crippen LogP contribution in [0.2, 0.25) is 0 Å². The number of carboxylic acid groups (broad SMARTS) is 3. The maximum atomic E-state index is 13.8. The predicted octanol–water partition coefficient (Wildman–Crippen LogP) is -4.21. The maximum absolute atomic E-state index is 13.8. The lowest BCUT2D eigenvalue weighted by atomic mass is 10.0. The molecule has 1 aromatic heterocycles. The molecule has 15 N–H and O–H groups in total. The van der Waals surface area contributed by atoms with Gasteiger partial charge in [0.25, 0.3) is 0 Å². The third kappa shape index (κ3) is 17.6. The van der Waals surface area contributed by atoms with Gasteiger partial charge in [-0.25, -0.2) is 9.78 Å². The van der Waals surface area contributed by atoms with Crippen LogP contribution in [0, 0.1) is 5.92 Å². The molecule has 0 spiro atoms. The van der Waals surface area contributed by atoms with Gasteiger partial charge in [0.05, 0.1) is 19.0 Å². The van der Waals surface area contributed by atoms with Crippen molar-refractivity contribution in [3.63, 3.8) is 0 Å². The lowest BCUT2D eigenvalue weighted by Crippen LogP contribution is -2.61. The van der Waals surface area contributed by atoms with Crippen molar-refractivity contribution in [2.24, 2.45) is 17.4 Å². The van der Waals surface area contributed by atoms with Crippen LogP contribution in [0.1, 0.15) is 84.3 Å². The summed E-state index contributed by atoms with van der Waals surface area (Å²) in [5.74, 6) is -10.6. The smallest absolute Gasteiger partial charge is 0.326 e. The normalized spacial score (nSPS) is 16.9. The third-order valence-corrected chi connectivity index (χ3v) is 10.1. The number of likely N-dealkylation sites (tertiary alicyclic amines) is 1. The van der Waals surface area contributed by atoms with E-state index in [9.17, 15) is 63.3 Å². The van der Waals surface area contributed by atoms with Gasteiger partial charge in [-0.15, -0.1) is 0 Å². The molecule has 25 nitrogen and oxygen atoms in total. The van der Waals surface area contributed by atoms with E-state index in [1.807, 2.05) is 0 Å². The minimum Gasteiger partial charge on any atom is -0.481 e. The lowest BCUT2D eigenvalue weighted by Gasteiger charge is -2.30. The number of aromatic nitrogens is 2. The number of nitrogens with zero attached hydrogens (tertiary/aromatic N) is 2. The van der Waals surface area contributed by atoms with Gasteiger partial charge >= 0.3 is 17.9 Å². The van der Waals surface area contributed by atoms with Gasteiger partial charge in [-0.05, 0) is 64.3 Å². The number of carbonyl (C=O) groups excluding carboxylic acids is 7. The Kier molecular flexibility index (Phi) is 22.1. The highest BCUT2D eigenvalue weighted by Crippen LogP contribution is 2.20. The van der Waals surface area contributed by atoms with Gasteiger partial charge in [0.15, 0.2) is 0 Å². The van der Waals surface area contributed by atoms with Crippen molar-refractivity contribution >= 4 is 59.3 Å².